The van der Waals surface area contributed by atoms with E-state index in [1.807, 2.05) is 4.80 Å². The van der Waals surface area contributed by atoms with E-state index in [1.165, 1.54) is 25.0 Å². The maximum Gasteiger partial charge on any atom is 0.0697 e. The molecule has 1 aromatic heterocycles. The zero-order chi connectivity index (χ0) is 17.2. The Morgan fingerprint density at radius 2 is 1.76 bits per heavy atom. The van der Waals surface area contributed by atoms with Crippen molar-refractivity contribution in [3.8, 4) is 0 Å². The van der Waals surface area contributed by atoms with Gasteiger partial charge in [0.2, 0.25) is 0 Å². The third kappa shape index (κ3) is 2.09. The molecule has 5 unspecified atom stereocenters. The van der Waals surface area contributed by atoms with E-state index in [4.69, 9.17) is 0 Å². The molecule has 1 N–H and O–H groups in total. The number of allylic oxidation sites excluding steroid dienone is 3. The fourth-order valence-corrected chi connectivity index (χ4v) is 6.84. The van der Waals surface area contributed by atoms with Crippen molar-refractivity contribution in [1.82, 2.24) is 15.0 Å². The molecule has 2 fully saturated rings. The molecule has 134 valence electrons. The highest BCUT2D eigenvalue weighted by atomic mass is 16.3. The van der Waals surface area contributed by atoms with Gasteiger partial charge in [0.15, 0.2) is 0 Å². The van der Waals surface area contributed by atoms with Crippen molar-refractivity contribution in [1.29, 1.82) is 0 Å². The lowest BCUT2D eigenvalue weighted by molar-refractivity contribution is -0.0253. The Bertz CT molecular complexity index is 736. The number of aliphatic hydroxyl groups is 1. The first kappa shape index (κ1) is 15.8. The second-order valence-electron chi connectivity index (χ2n) is 9.26. The Morgan fingerprint density at radius 1 is 1.00 bits per heavy atom. The molecular formula is C21H29N3O. The number of aromatic nitrogens is 3. The van der Waals surface area contributed by atoms with Crippen LogP contribution in [-0.4, -0.2) is 26.2 Å². The monoisotopic (exact) mass is 339 g/mol. The van der Waals surface area contributed by atoms with Crippen molar-refractivity contribution in [2.24, 2.45) is 28.6 Å². The van der Waals surface area contributed by atoms with E-state index >= 15 is 0 Å². The molecule has 4 aliphatic rings. The van der Waals surface area contributed by atoms with Gasteiger partial charge in [0.25, 0.3) is 0 Å². The van der Waals surface area contributed by atoms with Crippen LogP contribution >= 0.6 is 0 Å². The Labute approximate surface area is 150 Å². The summed E-state index contributed by atoms with van der Waals surface area (Å²) in [5.41, 5.74) is 3.39. The van der Waals surface area contributed by atoms with E-state index in [1.54, 1.807) is 18.0 Å². The molecule has 0 bridgehead atoms. The van der Waals surface area contributed by atoms with E-state index in [2.05, 4.69) is 36.2 Å². The minimum atomic E-state index is -0.115. The summed E-state index contributed by atoms with van der Waals surface area (Å²) in [6.45, 7) is 4.94. The fourth-order valence-electron chi connectivity index (χ4n) is 6.84. The van der Waals surface area contributed by atoms with E-state index in [-0.39, 0.29) is 11.5 Å². The molecule has 0 amide bonds. The molecule has 4 nitrogen and oxygen atoms in total. The summed E-state index contributed by atoms with van der Waals surface area (Å²) in [5, 5.41) is 19.0. The first-order chi connectivity index (χ1) is 12.0. The van der Waals surface area contributed by atoms with Gasteiger partial charge in [0.05, 0.1) is 24.2 Å². The third-order valence-corrected chi connectivity index (χ3v) is 8.25. The van der Waals surface area contributed by atoms with Crippen LogP contribution in [0.25, 0.3) is 5.70 Å². The van der Waals surface area contributed by atoms with E-state index in [9.17, 15) is 5.11 Å². The predicted molar refractivity (Wildman–Crippen MR) is 97.4 cm³/mol. The Kier molecular flexibility index (Phi) is 3.35. The van der Waals surface area contributed by atoms with Crippen LogP contribution in [0.15, 0.2) is 30.1 Å². The lowest BCUT2D eigenvalue weighted by Crippen LogP contribution is -2.50. The number of nitrogens with zero attached hydrogens (tertiary/aromatic N) is 3. The van der Waals surface area contributed by atoms with Crippen molar-refractivity contribution >= 4 is 5.70 Å². The van der Waals surface area contributed by atoms with Crippen LogP contribution in [-0.2, 0) is 0 Å². The first-order valence-electron chi connectivity index (χ1n) is 9.97. The largest absolute Gasteiger partial charge is 0.393 e. The summed E-state index contributed by atoms with van der Waals surface area (Å²) in [4.78, 5) is 1.86. The van der Waals surface area contributed by atoms with Gasteiger partial charge in [0, 0.05) is 5.41 Å². The number of hydrogen-bond donors (Lipinski definition) is 1. The second kappa shape index (κ2) is 5.29. The maximum atomic E-state index is 10.1. The molecule has 0 saturated heterocycles. The summed E-state index contributed by atoms with van der Waals surface area (Å²) < 4.78 is 0. The maximum absolute atomic E-state index is 10.1. The highest BCUT2D eigenvalue weighted by Crippen LogP contribution is 2.65. The van der Waals surface area contributed by atoms with Crippen LogP contribution in [0.2, 0.25) is 0 Å². The minimum absolute atomic E-state index is 0.115. The Hall–Kier alpha value is -1.42. The smallest absolute Gasteiger partial charge is 0.0697 e. The zero-order valence-electron chi connectivity index (χ0n) is 15.4. The van der Waals surface area contributed by atoms with Crippen molar-refractivity contribution in [2.45, 2.75) is 64.9 Å². The van der Waals surface area contributed by atoms with Crippen molar-refractivity contribution in [3.63, 3.8) is 0 Å². The molecule has 2 saturated carbocycles. The highest BCUT2D eigenvalue weighted by Gasteiger charge is 2.57. The fraction of sp³-hybridized carbons (Fsp3) is 0.714. The van der Waals surface area contributed by atoms with Crippen LogP contribution in [0, 0.1) is 28.6 Å². The molecule has 25 heavy (non-hydrogen) atoms. The molecule has 4 aliphatic carbocycles. The van der Waals surface area contributed by atoms with Crippen LogP contribution in [0.3, 0.4) is 0 Å². The van der Waals surface area contributed by atoms with Crippen LogP contribution < -0.4 is 0 Å². The molecule has 5 rings (SSSR count). The molecule has 1 heterocycles. The summed E-state index contributed by atoms with van der Waals surface area (Å²) in [7, 11) is 0. The highest BCUT2D eigenvalue weighted by molar-refractivity contribution is 5.55. The molecule has 0 spiro atoms. The van der Waals surface area contributed by atoms with Crippen LogP contribution in [0.4, 0.5) is 0 Å². The topological polar surface area (TPSA) is 50.9 Å². The van der Waals surface area contributed by atoms with Crippen molar-refractivity contribution in [2.75, 3.05) is 0 Å². The number of rotatable bonds is 1. The molecule has 0 radical (unpaired) electrons. The van der Waals surface area contributed by atoms with Gasteiger partial charge < -0.3 is 5.11 Å². The number of aliphatic hydroxyl groups excluding tert-OH is 1. The van der Waals surface area contributed by atoms with Crippen molar-refractivity contribution in [3.05, 3.63) is 30.1 Å². The van der Waals surface area contributed by atoms with Gasteiger partial charge in [-0.3, -0.25) is 0 Å². The molecule has 6 atom stereocenters. The third-order valence-electron chi connectivity index (χ3n) is 8.25. The summed E-state index contributed by atoms with van der Waals surface area (Å²) >= 11 is 0. The van der Waals surface area contributed by atoms with Gasteiger partial charge in [-0.1, -0.05) is 31.6 Å². The standard InChI is InChI=1S/C21H29N3O/c1-20-9-7-15(25)13-14(20)3-4-16-17-5-6-19(24-22-11-12-23-24)21(17,2)10-8-18(16)20/h3,6,11-12,15-18,25H,4-5,7-10,13H2,1-2H3/t15-,16?,17?,18?,20?,21?/m0/s1. The molecule has 0 aromatic carbocycles. The Morgan fingerprint density at radius 3 is 2.56 bits per heavy atom. The average Bonchev–Trinajstić information content (AvgIpc) is 3.22. The number of hydrogen-bond acceptors (Lipinski definition) is 3. The molecule has 1 aromatic rings. The normalized spacial score (nSPS) is 45.9. The van der Waals surface area contributed by atoms with Gasteiger partial charge in [0.1, 0.15) is 0 Å². The number of fused-ring (bicyclic) bond motifs is 5. The quantitative estimate of drug-likeness (QED) is 0.785. The Balaban J connectivity index is 1.48. The van der Waals surface area contributed by atoms with Gasteiger partial charge in [-0.15, -0.1) is 0 Å². The SMILES string of the molecule is CC12CC[C@H](O)CC1=CCC1C2CCC2(C)C(n3nccn3)=CCC12. The predicted octanol–water partition coefficient (Wildman–Crippen LogP) is 4.05. The second-order valence-corrected chi connectivity index (χ2v) is 9.26. The first-order valence-corrected chi connectivity index (χ1v) is 9.97. The lowest BCUT2D eigenvalue weighted by atomic mass is 9.48. The molecule has 0 aliphatic heterocycles. The summed E-state index contributed by atoms with van der Waals surface area (Å²) in [6.07, 6.45) is 16.3. The minimum Gasteiger partial charge on any atom is -0.393 e. The molecule has 4 heteroatoms. The van der Waals surface area contributed by atoms with Gasteiger partial charge in [-0.2, -0.15) is 15.0 Å². The zero-order valence-corrected chi connectivity index (χ0v) is 15.4. The average molecular weight is 339 g/mol. The van der Waals surface area contributed by atoms with Gasteiger partial charge in [-0.25, -0.2) is 0 Å². The molecular weight excluding hydrogens is 310 g/mol. The van der Waals surface area contributed by atoms with Crippen LogP contribution in [0.1, 0.15) is 58.8 Å². The van der Waals surface area contributed by atoms with E-state index in [0.717, 1.165) is 37.5 Å². The van der Waals surface area contributed by atoms with Crippen molar-refractivity contribution < 1.29 is 5.11 Å². The van der Waals surface area contributed by atoms with E-state index in [0.29, 0.717) is 11.3 Å². The summed E-state index contributed by atoms with van der Waals surface area (Å²) in [6, 6.07) is 0. The van der Waals surface area contributed by atoms with Gasteiger partial charge >= 0.3 is 0 Å². The van der Waals surface area contributed by atoms with Gasteiger partial charge in [-0.05, 0) is 68.1 Å². The summed E-state index contributed by atoms with van der Waals surface area (Å²) in [5.74, 6) is 2.23. The van der Waals surface area contributed by atoms with E-state index < -0.39 is 0 Å². The van der Waals surface area contributed by atoms with Crippen LogP contribution in [0.5, 0.6) is 0 Å². The lowest BCUT2D eigenvalue weighted by Gasteiger charge is -2.57.